The fourth-order valence-corrected chi connectivity index (χ4v) is 4.38. The van der Waals surface area contributed by atoms with Crippen LogP contribution in [-0.2, 0) is 14.8 Å². The van der Waals surface area contributed by atoms with E-state index in [9.17, 15) is 13.2 Å². The van der Waals surface area contributed by atoms with Crippen molar-refractivity contribution in [1.82, 2.24) is 4.72 Å². The second-order valence-electron chi connectivity index (χ2n) is 6.90. The molecular formula is C24H25NO4S. The zero-order valence-corrected chi connectivity index (χ0v) is 17.6. The Morgan fingerprint density at radius 2 is 1.40 bits per heavy atom. The molecule has 0 aliphatic carbocycles. The summed E-state index contributed by atoms with van der Waals surface area (Å²) in [5, 5.41) is 0. The zero-order chi connectivity index (χ0) is 21.4. The van der Waals surface area contributed by atoms with Crippen molar-refractivity contribution >= 4 is 15.8 Å². The molecule has 0 saturated carbocycles. The van der Waals surface area contributed by atoms with Crippen molar-refractivity contribution in [1.29, 1.82) is 0 Å². The summed E-state index contributed by atoms with van der Waals surface area (Å²) in [6.45, 7) is 0.191. The molecule has 0 unspecified atom stereocenters. The highest BCUT2D eigenvalue weighted by molar-refractivity contribution is 7.89. The molecule has 0 heterocycles. The first-order valence-electron chi connectivity index (χ1n) is 9.77. The standard InChI is InChI=1S/C24H25NO4S/c1-29-21-14-16-22(17-15-21)30(27,28)25-18-8-13-23(26)24(19-9-4-2-5-10-19)20-11-6-3-7-12-20/h2-7,9-12,14-17,24-25H,8,13,18H2,1H3. The first-order valence-corrected chi connectivity index (χ1v) is 11.3. The molecular weight excluding hydrogens is 398 g/mol. The first kappa shape index (κ1) is 21.7. The average Bonchev–Trinajstić information content (AvgIpc) is 2.78. The molecule has 5 nitrogen and oxygen atoms in total. The fourth-order valence-electron chi connectivity index (χ4n) is 3.31. The van der Waals surface area contributed by atoms with Crippen LogP contribution in [0.2, 0.25) is 0 Å². The lowest BCUT2D eigenvalue weighted by Crippen LogP contribution is -2.25. The quantitative estimate of drug-likeness (QED) is 0.497. The molecule has 0 amide bonds. The van der Waals surface area contributed by atoms with Gasteiger partial charge in [-0.1, -0.05) is 60.7 Å². The molecule has 6 heteroatoms. The summed E-state index contributed by atoms with van der Waals surface area (Å²) >= 11 is 0. The Labute approximate surface area is 177 Å². The highest BCUT2D eigenvalue weighted by Gasteiger charge is 2.22. The molecule has 30 heavy (non-hydrogen) atoms. The Morgan fingerprint density at radius 1 is 0.867 bits per heavy atom. The van der Waals surface area contributed by atoms with E-state index in [4.69, 9.17) is 4.74 Å². The van der Waals surface area contributed by atoms with Gasteiger partial charge in [-0.15, -0.1) is 0 Å². The van der Waals surface area contributed by atoms with Crippen molar-refractivity contribution in [2.45, 2.75) is 23.7 Å². The Hall–Kier alpha value is -2.96. The summed E-state index contributed by atoms with van der Waals surface area (Å²) in [4.78, 5) is 13.2. The third-order valence-electron chi connectivity index (χ3n) is 4.85. The van der Waals surface area contributed by atoms with E-state index in [1.165, 1.54) is 19.2 Å². The molecule has 0 aromatic heterocycles. The molecule has 156 valence electrons. The number of ketones is 1. The smallest absolute Gasteiger partial charge is 0.240 e. The van der Waals surface area contributed by atoms with Gasteiger partial charge in [0.25, 0.3) is 0 Å². The van der Waals surface area contributed by atoms with Crippen LogP contribution in [0.4, 0.5) is 0 Å². The van der Waals surface area contributed by atoms with Gasteiger partial charge in [0.05, 0.1) is 17.9 Å². The predicted molar refractivity (Wildman–Crippen MR) is 117 cm³/mol. The summed E-state index contributed by atoms with van der Waals surface area (Å²) < 4.78 is 32.4. The van der Waals surface area contributed by atoms with Gasteiger partial charge in [-0.25, -0.2) is 13.1 Å². The minimum absolute atomic E-state index is 0.0658. The molecule has 0 saturated heterocycles. The lowest BCUT2D eigenvalue weighted by atomic mass is 9.86. The number of methoxy groups -OCH3 is 1. The van der Waals surface area contributed by atoms with Crippen molar-refractivity contribution in [3.8, 4) is 5.75 Å². The van der Waals surface area contributed by atoms with Crippen LogP contribution < -0.4 is 9.46 Å². The largest absolute Gasteiger partial charge is 0.497 e. The number of carbonyl (C=O) groups is 1. The van der Waals surface area contributed by atoms with Crippen molar-refractivity contribution < 1.29 is 17.9 Å². The average molecular weight is 424 g/mol. The van der Waals surface area contributed by atoms with Crippen LogP contribution in [0.15, 0.2) is 89.8 Å². The highest BCUT2D eigenvalue weighted by atomic mass is 32.2. The van der Waals surface area contributed by atoms with E-state index in [0.717, 1.165) is 11.1 Å². The number of ether oxygens (including phenoxy) is 1. The van der Waals surface area contributed by atoms with E-state index >= 15 is 0 Å². The van der Waals surface area contributed by atoms with E-state index < -0.39 is 10.0 Å². The number of hydrogen-bond acceptors (Lipinski definition) is 4. The van der Waals surface area contributed by atoms with E-state index in [1.807, 2.05) is 60.7 Å². The van der Waals surface area contributed by atoms with E-state index in [0.29, 0.717) is 12.2 Å². The Balaban J connectivity index is 1.62. The monoisotopic (exact) mass is 423 g/mol. The second-order valence-corrected chi connectivity index (χ2v) is 8.66. The normalized spacial score (nSPS) is 11.4. The molecule has 3 aromatic rings. The molecule has 0 fully saturated rings. The molecule has 1 N–H and O–H groups in total. The van der Waals surface area contributed by atoms with Gasteiger partial charge in [-0.2, -0.15) is 0 Å². The van der Waals surface area contributed by atoms with Crippen LogP contribution >= 0.6 is 0 Å². The fraction of sp³-hybridized carbons (Fsp3) is 0.208. The van der Waals surface area contributed by atoms with Gasteiger partial charge in [-0.3, -0.25) is 4.79 Å². The summed E-state index contributed by atoms with van der Waals surface area (Å²) in [6, 6.07) is 25.5. The summed E-state index contributed by atoms with van der Waals surface area (Å²) in [5.41, 5.74) is 1.88. The third kappa shape index (κ3) is 5.55. The second kappa shape index (κ2) is 10.2. The van der Waals surface area contributed by atoms with Crippen molar-refractivity contribution in [3.63, 3.8) is 0 Å². The minimum atomic E-state index is -3.62. The number of rotatable bonds is 10. The SMILES string of the molecule is COc1ccc(S(=O)(=O)NCCCC(=O)C(c2ccccc2)c2ccccc2)cc1. The Bertz CT molecular complexity index is 1010. The maximum Gasteiger partial charge on any atom is 0.240 e. The van der Waals surface area contributed by atoms with E-state index in [-0.39, 0.29) is 29.6 Å². The summed E-state index contributed by atoms with van der Waals surface area (Å²) in [6.07, 6.45) is 0.698. The Kier molecular flexibility index (Phi) is 7.38. The topological polar surface area (TPSA) is 72.5 Å². The van der Waals surface area contributed by atoms with Crippen LogP contribution in [-0.4, -0.2) is 27.9 Å². The molecule has 0 spiro atoms. The van der Waals surface area contributed by atoms with Crippen LogP contribution in [0.25, 0.3) is 0 Å². The van der Waals surface area contributed by atoms with Gasteiger partial charge in [0.2, 0.25) is 10.0 Å². The number of sulfonamides is 1. The lowest BCUT2D eigenvalue weighted by molar-refractivity contribution is -0.119. The maximum absolute atomic E-state index is 13.0. The van der Waals surface area contributed by atoms with E-state index in [1.54, 1.807) is 12.1 Å². The van der Waals surface area contributed by atoms with Gasteiger partial charge in [-0.05, 0) is 41.8 Å². The zero-order valence-electron chi connectivity index (χ0n) is 16.8. The summed E-state index contributed by atoms with van der Waals surface area (Å²) in [7, 11) is -2.10. The molecule has 0 aliphatic rings. The summed E-state index contributed by atoms with van der Waals surface area (Å²) in [5.74, 6) is 0.300. The van der Waals surface area contributed by atoms with Crippen molar-refractivity contribution in [2.75, 3.05) is 13.7 Å². The Morgan fingerprint density at radius 3 is 1.90 bits per heavy atom. The minimum Gasteiger partial charge on any atom is -0.497 e. The molecule has 3 rings (SSSR count). The van der Waals surface area contributed by atoms with Gasteiger partial charge in [0.1, 0.15) is 11.5 Å². The number of Topliss-reactive ketones (excluding diaryl/α,β-unsaturated/α-hetero) is 1. The molecule has 0 atom stereocenters. The van der Waals surface area contributed by atoms with Crippen molar-refractivity contribution in [2.24, 2.45) is 0 Å². The maximum atomic E-state index is 13.0. The molecule has 3 aromatic carbocycles. The van der Waals surface area contributed by atoms with Crippen LogP contribution in [0.3, 0.4) is 0 Å². The number of benzene rings is 3. The van der Waals surface area contributed by atoms with Crippen LogP contribution in [0.1, 0.15) is 29.9 Å². The lowest BCUT2D eigenvalue weighted by Gasteiger charge is -2.17. The number of nitrogens with one attached hydrogen (secondary N) is 1. The van der Waals surface area contributed by atoms with Gasteiger partial charge in [0.15, 0.2) is 0 Å². The predicted octanol–water partition coefficient (Wildman–Crippen LogP) is 4.15. The first-order chi connectivity index (χ1) is 14.5. The molecule has 0 radical (unpaired) electrons. The molecule has 0 aliphatic heterocycles. The van der Waals surface area contributed by atoms with E-state index in [2.05, 4.69) is 4.72 Å². The third-order valence-corrected chi connectivity index (χ3v) is 6.33. The van der Waals surface area contributed by atoms with Gasteiger partial charge < -0.3 is 4.74 Å². The highest BCUT2D eigenvalue weighted by Crippen LogP contribution is 2.27. The number of carbonyl (C=O) groups excluding carboxylic acids is 1. The van der Waals surface area contributed by atoms with Gasteiger partial charge >= 0.3 is 0 Å². The van der Waals surface area contributed by atoms with Crippen LogP contribution in [0, 0.1) is 0 Å². The van der Waals surface area contributed by atoms with Crippen LogP contribution in [0.5, 0.6) is 5.75 Å². The molecule has 0 bridgehead atoms. The number of hydrogen-bond donors (Lipinski definition) is 1. The van der Waals surface area contributed by atoms with Gasteiger partial charge in [0, 0.05) is 13.0 Å². The van der Waals surface area contributed by atoms with Crippen molar-refractivity contribution in [3.05, 3.63) is 96.1 Å².